The summed E-state index contributed by atoms with van der Waals surface area (Å²) in [4.78, 5) is 8.65. The Hall–Kier alpha value is -2.14. The van der Waals surface area contributed by atoms with E-state index >= 15 is 0 Å². The minimum absolute atomic E-state index is 0.428. The van der Waals surface area contributed by atoms with E-state index in [-0.39, 0.29) is 0 Å². The summed E-state index contributed by atoms with van der Waals surface area (Å²) in [6.07, 6.45) is 0.610. The fraction of sp³-hybridized carbons (Fsp3) is 0.286. The first-order valence-electron chi connectivity index (χ1n) is 5.95. The highest BCUT2D eigenvalue weighted by atomic mass is 16.5. The molecule has 0 saturated carbocycles. The highest BCUT2D eigenvalue weighted by Crippen LogP contribution is 2.15. The highest BCUT2D eigenvalue weighted by Gasteiger charge is 2.05. The molecule has 5 heteroatoms. The number of rotatable bonds is 5. The fourth-order valence-electron chi connectivity index (χ4n) is 1.84. The van der Waals surface area contributed by atoms with E-state index < -0.39 is 0 Å². The largest absolute Gasteiger partial charge is 0.497 e. The number of benzene rings is 1. The van der Waals surface area contributed by atoms with E-state index in [0.29, 0.717) is 24.7 Å². The van der Waals surface area contributed by atoms with Gasteiger partial charge < -0.3 is 15.2 Å². The van der Waals surface area contributed by atoms with Gasteiger partial charge >= 0.3 is 0 Å². The number of nitrogen functional groups attached to an aromatic ring is 1. The van der Waals surface area contributed by atoms with Crippen molar-refractivity contribution >= 4 is 5.82 Å². The Morgan fingerprint density at radius 3 is 2.74 bits per heavy atom. The molecule has 0 aliphatic carbocycles. The second kappa shape index (κ2) is 6.15. The normalized spacial score (nSPS) is 10.4. The van der Waals surface area contributed by atoms with Gasteiger partial charge in [-0.25, -0.2) is 9.97 Å². The number of hydrogen-bond donors (Lipinski definition) is 1. The minimum atomic E-state index is 0.428. The molecule has 19 heavy (non-hydrogen) atoms. The van der Waals surface area contributed by atoms with Crippen LogP contribution in [0.2, 0.25) is 0 Å². The van der Waals surface area contributed by atoms with Crippen LogP contribution in [0, 0.1) is 0 Å². The number of methoxy groups -OCH3 is 2. The first-order chi connectivity index (χ1) is 9.21. The van der Waals surface area contributed by atoms with E-state index in [1.54, 1.807) is 20.3 Å². The summed E-state index contributed by atoms with van der Waals surface area (Å²) in [7, 11) is 3.27. The summed E-state index contributed by atoms with van der Waals surface area (Å²) in [5, 5.41) is 0. The number of aromatic nitrogens is 2. The molecule has 0 saturated heterocycles. The van der Waals surface area contributed by atoms with Crippen molar-refractivity contribution in [2.24, 2.45) is 0 Å². The lowest BCUT2D eigenvalue weighted by Crippen LogP contribution is -2.05. The van der Waals surface area contributed by atoms with Crippen LogP contribution in [-0.4, -0.2) is 24.2 Å². The lowest BCUT2D eigenvalue weighted by atomic mass is 10.1. The van der Waals surface area contributed by atoms with Gasteiger partial charge in [-0.2, -0.15) is 0 Å². The zero-order chi connectivity index (χ0) is 13.7. The molecule has 0 amide bonds. The van der Waals surface area contributed by atoms with Crippen molar-refractivity contribution in [3.8, 4) is 5.75 Å². The van der Waals surface area contributed by atoms with E-state index in [1.807, 2.05) is 24.3 Å². The summed E-state index contributed by atoms with van der Waals surface area (Å²) < 4.78 is 10.3. The molecule has 0 fully saturated rings. The van der Waals surface area contributed by atoms with Crippen molar-refractivity contribution in [3.63, 3.8) is 0 Å². The number of ether oxygens (including phenoxy) is 2. The molecule has 0 bridgehead atoms. The van der Waals surface area contributed by atoms with Crippen molar-refractivity contribution in [1.82, 2.24) is 9.97 Å². The maximum Gasteiger partial charge on any atom is 0.135 e. The number of hydrogen-bond acceptors (Lipinski definition) is 5. The molecule has 0 spiro atoms. The summed E-state index contributed by atoms with van der Waals surface area (Å²) in [5.41, 5.74) is 7.63. The van der Waals surface area contributed by atoms with E-state index in [9.17, 15) is 0 Å². The van der Waals surface area contributed by atoms with Gasteiger partial charge in [0.2, 0.25) is 0 Å². The standard InChI is InChI=1S/C14H17N3O2/c1-18-9-11-8-13(15)17-14(16-11)7-10-4-3-5-12(6-10)19-2/h3-6,8H,7,9H2,1-2H3,(H2,15,16,17). The van der Waals surface area contributed by atoms with Crippen LogP contribution in [-0.2, 0) is 17.8 Å². The first-order valence-corrected chi connectivity index (χ1v) is 5.95. The van der Waals surface area contributed by atoms with E-state index in [2.05, 4.69) is 9.97 Å². The average molecular weight is 259 g/mol. The molecule has 2 N–H and O–H groups in total. The monoisotopic (exact) mass is 259 g/mol. The van der Waals surface area contributed by atoms with Crippen molar-refractivity contribution in [3.05, 3.63) is 47.4 Å². The van der Waals surface area contributed by atoms with Crippen LogP contribution in [0.25, 0.3) is 0 Å². The summed E-state index contributed by atoms with van der Waals surface area (Å²) >= 11 is 0. The maximum absolute atomic E-state index is 5.77. The molecule has 0 radical (unpaired) electrons. The van der Waals surface area contributed by atoms with Gasteiger partial charge in [-0.15, -0.1) is 0 Å². The lowest BCUT2D eigenvalue weighted by Gasteiger charge is -2.06. The van der Waals surface area contributed by atoms with Crippen molar-refractivity contribution in [1.29, 1.82) is 0 Å². The van der Waals surface area contributed by atoms with E-state index in [4.69, 9.17) is 15.2 Å². The van der Waals surface area contributed by atoms with Gasteiger partial charge in [-0.3, -0.25) is 0 Å². The Bertz CT molecular complexity index is 558. The van der Waals surface area contributed by atoms with Gasteiger partial charge in [0.15, 0.2) is 0 Å². The van der Waals surface area contributed by atoms with Gasteiger partial charge in [-0.1, -0.05) is 12.1 Å². The first kappa shape index (κ1) is 13.3. The summed E-state index contributed by atoms with van der Waals surface area (Å²) in [5.74, 6) is 1.96. The van der Waals surface area contributed by atoms with Crippen molar-refractivity contribution in [2.75, 3.05) is 20.0 Å². The Balaban J connectivity index is 2.22. The molecule has 100 valence electrons. The zero-order valence-corrected chi connectivity index (χ0v) is 11.1. The molecule has 2 rings (SSSR count). The fourth-order valence-corrected chi connectivity index (χ4v) is 1.84. The van der Waals surface area contributed by atoms with E-state index in [1.165, 1.54) is 0 Å². The molecule has 1 heterocycles. The second-order valence-corrected chi connectivity index (χ2v) is 4.16. The number of nitrogens with zero attached hydrogens (tertiary/aromatic N) is 2. The Labute approximate surface area is 112 Å². The van der Waals surface area contributed by atoms with Crippen LogP contribution in [0.4, 0.5) is 5.82 Å². The van der Waals surface area contributed by atoms with Crippen LogP contribution < -0.4 is 10.5 Å². The van der Waals surface area contributed by atoms with Crippen molar-refractivity contribution in [2.45, 2.75) is 13.0 Å². The number of anilines is 1. The second-order valence-electron chi connectivity index (χ2n) is 4.16. The van der Waals surface area contributed by atoms with Crippen LogP contribution in [0.5, 0.6) is 5.75 Å². The van der Waals surface area contributed by atoms with Gasteiger partial charge in [-0.05, 0) is 17.7 Å². The Morgan fingerprint density at radius 1 is 1.16 bits per heavy atom. The van der Waals surface area contributed by atoms with Gasteiger partial charge in [0.05, 0.1) is 19.4 Å². The smallest absolute Gasteiger partial charge is 0.135 e. The maximum atomic E-state index is 5.77. The minimum Gasteiger partial charge on any atom is -0.497 e. The highest BCUT2D eigenvalue weighted by molar-refractivity contribution is 5.33. The van der Waals surface area contributed by atoms with Crippen LogP contribution in [0.3, 0.4) is 0 Å². The third-order valence-electron chi connectivity index (χ3n) is 2.63. The zero-order valence-electron chi connectivity index (χ0n) is 11.1. The molecule has 5 nitrogen and oxygen atoms in total. The van der Waals surface area contributed by atoms with Gasteiger partial charge in [0, 0.05) is 19.6 Å². The molecule has 0 aliphatic rings. The third kappa shape index (κ3) is 3.66. The van der Waals surface area contributed by atoms with Crippen LogP contribution in [0.15, 0.2) is 30.3 Å². The van der Waals surface area contributed by atoms with Gasteiger partial charge in [0.25, 0.3) is 0 Å². The van der Waals surface area contributed by atoms with Crippen LogP contribution in [0.1, 0.15) is 17.1 Å². The predicted molar refractivity (Wildman–Crippen MR) is 73.0 cm³/mol. The van der Waals surface area contributed by atoms with Crippen molar-refractivity contribution < 1.29 is 9.47 Å². The SMILES string of the molecule is COCc1cc(N)nc(Cc2cccc(OC)c2)n1. The molecule has 1 aromatic carbocycles. The molecule has 0 unspecified atom stereocenters. The molecular formula is C14H17N3O2. The Kier molecular flexibility index (Phi) is 4.30. The summed E-state index contributed by atoms with van der Waals surface area (Å²) in [6, 6.07) is 9.53. The van der Waals surface area contributed by atoms with Gasteiger partial charge in [0.1, 0.15) is 17.4 Å². The topological polar surface area (TPSA) is 70.3 Å². The lowest BCUT2D eigenvalue weighted by molar-refractivity contribution is 0.181. The summed E-state index contributed by atoms with van der Waals surface area (Å²) in [6.45, 7) is 0.428. The van der Waals surface area contributed by atoms with E-state index in [0.717, 1.165) is 17.0 Å². The molecular weight excluding hydrogens is 242 g/mol. The molecule has 0 atom stereocenters. The molecule has 2 aromatic rings. The number of nitrogens with two attached hydrogens (primary N) is 1. The average Bonchev–Trinajstić information content (AvgIpc) is 2.38. The molecule has 1 aromatic heterocycles. The Morgan fingerprint density at radius 2 is 2.00 bits per heavy atom. The quantitative estimate of drug-likeness (QED) is 0.886. The molecule has 0 aliphatic heterocycles. The predicted octanol–water partition coefficient (Wildman–Crippen LogP) is 1.80. The van der Waals surface area contributed by atoms with Crippen LogP contribution >= 0.6 is 0 Å². The third-order valence-corrected chi connectivity index (χ3v) is 2.63.